The normalized spacial score (nSPS) is 10.5. The Morgan fingerprint density at radius 1 is 1.19 bits per heavy atom. The van der Waals surface area contributed by atoms with Crippen molar-refractivity contribution in [2.24, 2.45) is 5.92 Å². The van der Waals surface area contributed by atoms with Crippen LogP contribution >= 0.6 is 0 Å². The molecule has 1 amide bonds. The molecular formula is C20H28N4O3. The van der Waals surface area contributed by atoms with Crippen LogP contribution in [0.25, 0.3) is 0 Å². The van der Waals surface area contributed by atoms with E-state index >= 15 is 0 Å². The number of rotatable bonds is 11. The van der Waals surface area contributed by atoms with E-state index < -0.39 is 0 Å². The molecule has 0 saturated carbocycles. The van der Waals surface area contributed by atoms with Crippen molar-refractivity contribution < 1.29 is 14.3 Å². The molecule has 0 spiro atoms. The summed E-state index contributed by atoms with van der Waals surface area (Å²) in [5.74, 6) is 2.46. The molecule has 0 unspecified atom stereocenters. The number of hydrogen-bond acceptors (Lipinski definition) is 6. The topological polar surface area (TPSA) is 85.4 Å². The van der Waals surface area contributed by atoms with Crippen molar-refractivity contribution in [3.05, 3.63) is 42.2 Å². The zero-order valence-electron chi connectivity index (χ0n) is 16.2. The summed E-state index contributed by atoms with van der Waals surface area (Å²) in [5, 5.41) is 5.91. The molecule has 7 heteroatoms. The van der Waals surface area contributed by atoms with E-state index in [-0.39, 0.29) is 5.91 Å². The highest BCUT2D eigenvalue weighted by molar-refractivity contribution is 5.76. The van der Waals surface area contributed by atoms with Gasteiger partial charge in [-0.15, -0.1) is 0 Å². The number of amides is 1. The van der Waals surface area contributed by atoms with E-state index in [0.29, 0.717) is 43.7 Å². The van der Waals surface area contributed by atoms with Crippen LogP contribution in [-0.4, -0.2) is 36.1 Å². The highest BCUT2D eigenvalue weighted by atomic mass is 16.5. The molecule has 27 heavy (non-hydrogen) atoms. The average Bonchev–Trinajstić information content (AvgIpc) is 2.67. The number of nitrogens with one attached hydrogen (secondary N) is 2. The minimum atomic E-state index is -0.0466. The zero-order valence-corrected chi connectivity index (χ0v) is 16.2. The van der Waals surface area contributed by atoms with Crippen molar-refractivity contribution in [2.45, 2.75) is 33.2 Å². The predicted octanol–water partition coefficient (Wildman–Crippen LogP) is 3.03. The maximum atomic E-state index is 12.0. The fourth-order valence-corrected chi connectivity index (χ4v) is 2.31. The van der Waals surface area contributed by atoms with Gasteiger partial charge in [-0.2, -0.15) is 0 Å². The second-order valence-electron chi connectivity index (χ2n) is 6.54. The maximum Gasteiger partial charge on any atom is 0.222 e. The quantitative estimate of drug-likeness (QED) is 0.631. The van der Waals surface area contributed by atoms with Crippen LogP contribution in [0.2, 0.25) is 0 Å². The Bertz CT molecular complexity index is 708. The Morgan fingerprint density at radius 3 is 2.67 bits per heavy atom. The lowest BCUT2D eigenvalue weighted by atomic mass is 10.1. The third kappa shape index (κ3) is 7.52. The van der Waals surface area contributed by atoms with Gasteiger partial charge in [-0.25, -0.2) is 9.97 Å². The summed E-state index contributed by atoms with van der Waals surface area (Å²) in [7, 11) is 1.62. The number of methoxy groups -OCH3 is 1. The van der Waals surface area contributed by atoms with Crippen molar-refractivity contribution in [1.82, 2.24) is 15.3 Å². The summed E-state index contributed by atoms with van der Waals surface area (Å²) in [4.78, 5) is 20.1. The van der Waals surface area contributed by atoms with Gasteiger partial charge in [0.25, 0.3) is 0 Å². The fourth-order valence-electron chi connectivity index (χ4n) is 2.31. The lowest BCUT2D eigenvalue weighted by Gasteiger charge is -2.13. The van der Waals surface area contributed by atoms with Gasteiger partial charge in [0.05, 0.1) is 13.7 Å². The molecule has 0 aliphatic rings. The lowest BCUT2D eigenvalue weighted by Crippen LogP contribution is -2.25. The Balaban J connectivity index is 1.76. The third-order valence-electron chi connectivity index (χ3n) is 3.87. The second kappa shape index (κ2) is 11.0. The van der Waals surface area contributed by atoms with Gasteiger partial charge < -0.3 is 20.1 Å². The maximum absolute atomic E-state index is 12.0. The van der Waals surface area contributed by atoms with Gasteiger partial charge in [0.15, 0.2) is 11.5 Å². The van der Waals surface area contributed by atoms with Crippen molar-refractivity contribution in [1.29, 1.82) is 0 Å². The first-order chi connectivity index (χ1) is 13.1. The van der Waals surface area contributed by atoms with Crippen LogP contribution in [-0.2, 0) is 11.3 Å². The Labute approximate surface area is 160 Å². The van der Waals surface area contributed by atoms with Crippen LogP contribution in [0.4, 0.5) is 5.95 Å². The fraction of sp³-hybridized carbons (Fsp3) is 0.450. The molecule has 146 valence electrons. The van der Waals surface area contributed by atoms with E-state index in [2.05, 4.69) is 34.4 Å². The second-order valence-corrected chi connectivity index (χ2v) is 6.54. The molecule has 7 nitrogen and oxygen atoms in total. The number of anilines is 1. The van der Waals surface area contributed by atoms with Crippen LogP contribution in [0.5, 0.6) is 11.5 Å². The number of ether oxygens (including phenoxy) is 2. The molecule has 2 N–H and O–H groups in total. The molecule has 0 aliphatic heterocycles. The molecule has 0 saturated heterocycles. The molecule has 2 aromatic rings. The van der Waals surface area contributed by atoms with Crippen molar-refractivity contribution in [3.63, 3.8) is 0 Å². The zero-order chi connectivity index (χ0) is 19.5. The first-order valence-corrected chi connectivity index (χ1v) is 9.15. The van der Waals surface area contributed by atoms with Crippen LogP contribution in [0.3, 0.4) is 0 Å². The number of carbonyl (C=O) groups excluding carboxylic acids is 1. The summed E-state index contributed by atoms with van der Waals surface area (Å²) < 4.78 is 11.2. The highest BCUT2D eigenvalue weighted by Gasteiger charge is 2.08. The van der Waals surface area contributed by atoms with E-state index in [9.17, 15) is 4.79 Å². The third-order valence-corrected chi connectivity index (χ3v) is 3.87. The standard InChI is InChI=1S/C20H28N4O3/c1-15(2)8-12-27-17-6-5-16(13-18(17)26-3)14-24-19(25)7-11-23-20-21-9-4-10-22-20/h4-6,9-10,13,15H,7-8,11-12,14H2,1-3H3,(H,24,25)(H,21,22,23). The Kier molecular flexibility index (Phi) is 8.35. The van der Waals surface area contributed by atoms with Crippen LogP contribution in [0.15, 0.2) is 36.7 Å². The van der Waals surface area contributed by atoms with Gasteiger partial charge in [0.2, 0.25) is 11.9 Å². The molecule has 2 rings (SSSR count). The minimum absolute atomic E-state index is 0.0466. The molecule has 0 bridgehead atoms. The highest BCUT2D eigenvalue weighted by Crippen LogP contribution is 2.28. The van der Waals surface area contributed by atoms with Gasteiger partial charge in [0, 0.05) is 31.9 Å². The van der Waals surface area contributed by atoms with E-state index in [1.165, 1.54) is 0 Å². The summed E-state index contributed by atoms with van der Waals surface area (Å²) in [5.41, 5.74) is 0.954. The van der Waals surface area contributed by atoms with Crippen LogP contribution in [0, 0.1) is 5.92 Å². The molecule has 0 fully saturated rings. The lowest BCUT2D eigenvalue weighted by molar-refractivity contribution is -0.121. The molecular weight excluding hydrogens is 344 g/mol. The van der Waals surface area contributed by atoms with E-state index in [1.54, 1.807) is 25.6 Å². The monoisotopic (exact) mass is 372 g/mol. The number of carbonyl (C=O) groups is 1. The van der Waals surface area contributed by atoms with E-state index in [4.69, 9.17) is 9.47 Å². The van der Waals surface area contributed by atoms with Crippen LogP contribution < -0.4 is 20.1 Å². The van der Waals surface area contributed by atoms with Gasteiger partial charge in [-0.1, -0.05) is 19.9 Å². The van der Waals surface area contributed by atoms with Gasteiger partial charge >= 0.3 is 0 Å². The summed E-state index contributed by atoms with van der Waals surface area (Å²) >= 11 is 0. The predicted molar refractivity (Wildman–Crippen MR) is 105 cm³/mol. The molecule has 1 heterocycles. The van der Waals surface area contributed by atoms with Gasteiger partial charge in [-0.05, 0) is 36.1 Å². The Morgan fingerprint density at radius 2 is 1.96 bits per heavy atom. The average molecular weight is 372 g/mol. The SMILES string of the molecule is COc1cc(CNC(=O)CCNc2ncccn2)ccc1OCCC(C)C. The Hall–Kier alpha value is -2.83. The van der Waals surface area contributed by atoms with Crippen LogP contribution in [0.1, 0.15) is 32.3 Å². The van der Waals surface area contributed by atoms with Crippen molar-refractivity contribution in [2.75, 3.05) is 25.6 Å². The number of aromatic nitrogens is 2. The molecule has 1 aromatic heterocycles. The number of hydrogen-bond donors (Lipinski definition) is 2. The minimum Gasteiger partial charge on any atom is -0.493 e. The van der Waals surface area contributed by atoms with E-state index in [0.717, 1.165) is 17.7 Å². The summed E-state index contributed by atoms with van der Waals surface area (Å²) in [6.45, 7) is 5.89. The molecule has 1 aromatic carbocycles. The first-order valence-electron chi connectivity index (χ1n) is 9.15. The largest absolute Gasteiger partial charge is 0.493 e. The first kappa shape index (κ1) is 20.5. The van der Waals surface area contributed by atoms with Crippen molar-refractivity contribution in [3.8, 4) is 11.5 Å². The van der Waals surface area contributed by atoms with Gasteiger partial charge in [0.1, 0.15) is 0 Å². The molecule has 0 radical (unpaired) electrons. The molecule has 0 aliphatic carbocycles. The van der Waals surface area contributed by atoms with E-state index in [1.807, 2.05) is 18.2 Å². The van der Waals surface area contributed by atoms with Gasteiger partial charge in [-0.3, -0.25) is 4.79 Å². The smallest absolute Gasteiger partial charge is 0.222 e. The number of benzene rings is 1. The molecule has 0 atom stereocenters. The van der Waals surface area contributed by atoms with Crippen molar-refractivity contribution >= 4 is 11.9 Å². The number of nitrogens with zero attached hydrogens (tertiary/aromatic N) is 2. The summed E-state index contributed by atoms with van der Waals surface area (Å²) in [6, 6.07) is 7.45. The summed E-state index contributed by atoms with van der Waals surface area (Å²) in [6.07, 6.45) is 4.63.